The van der Waals surface area contributed by atoms with E-state index in [1.807, 2.05) is 104 Å². The van der Waals surface area contributed by atoms with Crippen molar-refractivity contribution in [3.8, 4) is 5.75 Å². The van der Waals surface area contributed by atoms with Crippen LogP contribution in [-0.2, 0) is 6.61 Å². The molecule has 0 heterocycles. The van der Waals surface area contributed by atoms with E-state index in [9.17, 15) is 9.90 Å². The molecule has 0 fully saturated rings. The average Bonchev–Trinajstić information content (AvgIpc) is 2.83. The zero-order valence-corrected chi connectivity index (χ0v) is 17.9. The molecule has 4 nitrogen and oxygen atoms in total. The van der Waals surface area contributed by atoms with Gasteiger partial charge in [-0.3, -0.25) is 4.79 Å². The number of anilines is 1. The Hall–Kier alpha value is -3.89. The number of aliphatic hydroxyl groups excluding tert-OH is 1. The van der Waals surface area contributed by atoms with Gasteiger partial charge >= 0.3 is 0 Å². The van der Waals surface area contributed by atoms with E-state index in [1.54, 1.807) is 6.07 Å². The van der Waals surface area contributed by atoms with Gasteiger partial charge in [0.2, 0.25) is 0 Å². The van der Waals surface area contributed by atoms with Gasteiger partial charge < -0.3 is 15.2 Å². The zero-order chi connectivity index (χ0) is 22.3. The molecule has 0 aliphatic heterocycles. The molecule has 0 saturated heterocycles. The molecule has 4 heteroatoms. The SMILES string of the molecule is Cc1ccc(C(=O)Nc2ccccc2)c(C(O)c2cccc(OCc3ccccc3)c2)c1. The van der Waals surface area contributed by atoms with Gasteiger partial charge in [0, 0.05) is 11.3 Å². The van der Waals surface area contributed by atoms with Crippen LogP contribution in [0, 0.1) is 6.92 Å². The van der Waals surface area contributed by atoms with Crippen LogP contribution in [0.2, 0.25) is 0 Å². The summed E-state index contributed by atoms with van der Waals surface area (Å²) in [6.07, 6.45) is -0.966. The van der Waals surface area contributed by atoms with Gasteiger partial charge in [-0.1, -0.05) is 78.4 Å². The summed E-state index contributed by atoms with van der Waals surface area (Å²) in [5.74, 6) is 0.398. The summed E-state index contributed by atoms with van der Waals surface area (Å²) in [4.78, 5) is 13.0. The molecule has 32 heavy (non-hydrogen) atoms. The van der Waals surface area contributed by atoms with Gasteiger partial charge in [0.25, 0.3) is 5.91 Å². The monoisotopic (exact) mass is 423 g/mol. The molecule has 2 N–H and O–H groups in total. The molecular weight excluding hydrogens is 398 g/mol. The highest BCUT2D eigenvalue weighted by Crippen LogP contribution is 2.29. The fourth-order valence-corrected chi connectivity index (χ4v) is 3.53. The third-order valence-corrected chi connectivity index (χ3v) is 5.20. The van der Waals surface area contributed by atoms with Crippen LogP contribution in [0.1, 0.15) is 38.7 Å². The van der Waals surface area contributed by atoms with E-state index in [0.717, 1.165) is 11.1 Å². The third-order valence-electron chi connectivity index (χ3n) is 5.20. The van der Waals surface area contributed by atoms with E-state index >= 15 is 0 Å². The second-order valence-electron chi connectivity index (χ2n) is 7.66. The number of ether oxygens (including phenoxy) is 1. The Morgan fingerprint density at radius 3 is 2.34 bits per heavy atom. The summed E-state index contributed by atoms with van der Waals surface area (Å²) >= 11 is 0. The molecule has 0 spiro atoms. The number of aliphatic hydroxyl groups is 1. The van der Waals surface area contributed by atoms with Crippen molar-refractivity contribution in [2.24, 2.45) is 0 Å². The Morgan fingerprint density at radius 1 is 0.875 bits per heavy atom. The fourth-order valence-electron chi connectivity index (χ4n) is 3.53. The first-order valence-corrected chi connectivity index (χ1v) is 10.5. The molecule has 0 radical (unpaired) electrons. The van der Waals surface area contributed by atoms with Gasteiger partial charge in [-0.15, -0.1) is 0 Å². The Bertz CT molecular complexity index is 1190. The van der Waals surface area contributed by atoms with Gasteiger partial charge in [-0.25, -0.2) is 0 Å². The van der Waals surface area contributed by atoms with Gasteiger partial charge in [0.15, 0.2) is 0 Å². The molecule has 4 aromatic carbocycles. The normalized spacial score (nSPS) is 11.6. The lowest BCUT2D eigenvalue weighted by Gasteiger charge is -2.18. The highest BCUT2D eigenvalue weighted by Gasteiger charge is 2.20. The minimum atomic E-state index is -0.966. The largest absolute Gasteiger partial charge is 0.489 e. The highest BCUT2D eigenvalue weighted by atomic mass is 16.5. The van der Waals surface area contributed by atoms with Crippen LogP contribution in [0.25, 0.3) is 0 Å². The van der Waals surface area contributed by atoms with Gasteiger partial charge in [-0.05, 0) is 53.9 Å². The van der Waals surface area contributed by atoms with E-state index in [-0.39, 0.29) is 5.91 Å². The Balaban J connectivity index is 1.57. The second kappa shape index (κ2) is 9.94. The van der Waals surface area contributed by atoms with Crippen molar-refractivity contribution in [3.63, 3.8) is 0 Å². The van der Waals surface area contributed by atoms with E-state index in [0.29, 0.717) is 34.7 Å². The van der Waals surface area contributed by atoms with E-state index in [1.165, 1.54) is 0 Å². The van der Waals surface area contributed by atoms with Crippen molar-refractivity contribution in [2.45, 2.75) is 19.6 Å². The number of aryl methyl sites for hydroxylation is 1. The molecule has 4 rings (SSSR count). The Labute approximate surface area is 188 Å². The van der Waals surface area contributed by atoms with Crippen LogP contribution in [0.3, 0.4) is 0 Å². The van der Waals surface area contributed by atoms with Crippen LogP contribution in [-0.4, -0.2) is 11.0 Å². The molecule has 1 atom stereocenters. The number of carbonyl (C=O) groups is 1. The average molecular weight is 424 g/mol. The number of hydrogen-bond donors (Lipinski definition) is 2. The van der Waals surface area contributed by atoms with E-state index < -0.39 is 6.10 Å². The summed E-state index contributed by atoms with van der Waals surface area (Å²) < 4.78 is 5.91. The lowest BCUT2D eigenvalue weighted by atomic mass is 9.94. The van der Waals surface area contributed by atoms with Crippen molar-refractivity contribution in [3.05, 3.63) is 131 Å². The molecule has 0 aliphatic carbocycles. The number of benzene rings is 4. The minimum absolute atomic E-state index is 0.262. The summed E-state index contributed by atoms with van der Waals surface area (Å²) in [6, 6.07) is 32.0. The van der Waals surface area contributed by atoms with Gasteiger partial charge in [0.1, 0.15) is 18.5 Å². The number of hydrogen-bond acceptors (Lipinski definition) is 3. The predicted octanol–water partition coefficient (Wildman–Crippen LogP) is 5.91. The standard InChI is InChI=1S/C28H25NO3/c1-20-15-16-25(28(31)29-23-12-6-3-7-13-23)26(17-20)27(30)22-11-8-14-24(18-22)32-19-21-9-4-2-5-10-21/h2-18,27,30H,19H2,1H3,(H,29,31). The van der Waals surface area contributed by atoms with Gasteiger partial charge in [-0.2, -0.15) is 0 Å². The summed E-state index contributed by atoms with van der Waals surface area (Å²) in [5, 5.41) is 14.1. The molecule has 0 aliphatic rings. The predicted molar refractivity (Wildman–Crippen MR) is 127 cm³/mol. The van der Waals surface area contributed by atoms with Crippen molar-refractivity contribution >= 4 is 11.6 Å². The van der Waals surface area contributed by atoms with Crippen molar-refractivity contribution < 1.29 is 14.6 Å². The fraction of sp³-hybridized carbons (Fsp3) is 0.107. The lowest BCUT2D eigenvalue weighted by molar-refractivity contribution is 0.102. The maximum absolute atomic E-state index is 13.0. The highest BCUT2D eigenvalue weighted by molar-refractivity contribution is 6.05. The van der Waals surface area contributed by atoms with E-state index in [2.05, 4.69) is 5.32 Å². The van der Waals surface area contributed by atoms with Crippen LogP contribution >= 0.6 is 0 Å². The van der Waals surface area contributed by atoms with Crippen molar-refractivity contribution in [1.29, 1.82) is 0 Å². The molecule has 1 unspecified atom stereocenters. The summed E-state index contributed by atoms with van der Waals surface area (Å²) in [5.41, 5.74) is 4.38. The molecule has 4 aromatic rings. The first kappa shape index (κ1) is 21.3. The first-order chi connectivity index (χ1) is 15.6. The van der Waals surface area contributed by atoms with Crippen molar-refractivity contribution in [1.82, 2.24) is 0 Å². The Morgan fingerprint density at radius 2 is 1.59 bits per heavy atom. The summed E-state index contributed by atoms with van der Waals surface area (Å²) in [7, 11) is 0. The number of para-hydroxylation sites is 1. The smallest absolute Gasteiger partial charge is 0.256 e. The maximum Gasteiger partial charge on any atom is 0.256 e. The van der Waals surface area contributed by atoms with Crippen LogP contribution < -0.4 is 10.1 Å². The first-order valence-electron chi connectivity index (χ1n) is 10.5. The number of carbonyl (C=O) groups excluding carboxylic acids is 1. The summed E-state index contributed by atoms with van der Waals surface area (Å²) in [6.45, 7) is 2.38. The maximum atomic E-state index is 13.0. The number of nitrogens with one attached hydrogen (secondary N) is 1. The molecular formula is C28H25NO3. The molecule has 0 saturated carbocycles. The number of rotatable bonds is 7. The van der Waals surface area contributed by atoms with Crippen LogP contribution in [0.15, 0.2) is 103 Å². The third kappa shape index (κ3) is 5.23. The molecule has 0 aromatic heterocycles. The molecule has 1 amide bonds. The molecule has 0 bridgehead atoms. The minimum Gasteiger partial charge on any atom is -0.489 e. The number of amides is 1. The van der Waals surface area contributed by atoms with Crippen LogP contribution in [0.5, 0.6) is 5.75 Å². The van der Waals surface area contributed by atoms with Gasteiger partial charge in [0.05, 0.1) is 0 Å². The quantitative estimate of drug-likeness (QED) is 0.389. The Kier molecular flexibility index (Phi) is 6.63. The topological polar surface area (TPSA) is 58.6 Å². The second-order valence-corrected chi connectivity index (χ2v) is 7.66. The lowest BCUT2D eigenvalue weighted by Crippen LogP contribution is -2.16. The van der Waals surface area contributed by atoms with Crippen LogP contribution in [0.4, 0.5) is 5.69 Å². The van der Waals surface area contributed by atoms with E-state index in [4.69, 9.17) is 4.74 Å². The van der Waals surface area contributed by atoms with Crippen molar-refractivity contribution in [2.75, 3.05) is 5.32 Å². The zero-order valence-electron chi connectivity index (χ0n) is 17.9. The molecule has 160 valence electrons.